The molecule has 0 bridgehead atoms. The Balaban J connectivity index is 1.75. The first-order valence-corrected chi connectivity index (χ1v) is 6.85. The number of carbonyl (C=O) groups is 1. The van der Waals surface area contributed by atoms with Crippen LogP contribution in [0.15, 0.2) is 30.1 Å². The fourth-order valence-corrected chi connectivity index (χ4v) is 2.50. The third-order valence-electron chi connectivity index (χ3n) is 3.47. The summed E-state index contributed by atoms with van der Waals surface area (Å²) in [6.45, 7) is 0. The molecule has 0 aromatic carbocycles. The Hall–Kier alpha value is -1.83. The number of rotatable bonds is 0. The van der Waals surface area contributed by atoms with E-state index in [9.17, 15) is 4.79 Å². The summed E-state index contributed by atoms with van der Waals surface area (Å²) in [7, 11) is 0. The molecule has 1 N–H and O–H groups in total. The van der Waals surface area contributed by atoms with Gasteiger partial charge in [-0.2, -0.15) is 0 Å². The SMILES string of the molecule is O=C1CCC2(C=C(C#Cc3cc(Cl)ccn3)NO2)CC1. The molecule has 0 amide bonds. The molecular weight excluding hydrogens is 276 g/mol. The van der Waals surface area contributed by atoms with Crippen LogP contribution in [0.5, 0.6) is 0 Å². The Morgan fingerprint density at radius 2 is 2.15 bits per heavy atom. The van der Waals surface area contributed by atoms with E-state index >= 15 is 0 Å². The minimum Gasteiger partial charge on any atom is -0.300 e. The van der Waals surface area contributed by atoms with Gasteiger partial charge in [-0.05, 0) is 42.9 Å². The summed E-state index contributed by atoms with van der Waals surface area (Å²) in [6.07, 6.45) is 6.13. The predicted molar refractivity (Wildman–Crippen MR) is 74.6 cm³/mol. The zero-order chi connectivity index (χ0) is 14.0. The van der Waals surface area contributed by atoms with Crippen molar-refractivity contribution >= 4 is 17.4 Å². The van der Waals surface area contributed by atoms with Gasteiger partial charge in [0, 0.05) is 24.1 Å². The van der Waals surface area contributed by atoms with Crippen molar-refractivity contribution in [2.75, 3.05) is 0 Å². The summed E-state index contributed by atoms with van der Waals surface area (Å²) in [5.74, 6) is 6.21. The van der Waals surface area contributed by atoms with E-state index in [2.05, 4.69) is 22.3 Å². The molecule has 0 unspecified atom stereocenters. The van der Waals surface area contributed by atoms with Gasteiger partial charge in [-0.1, -0.05) is 11.6 Å². The molecule has 3 rings (SSSR count). The number of Topliss-reactive ketones (excluding diaryl/α,β-unsaturated/α-hetero) is 1. The van der Waals surface area contributed by atoms with Gasteiger partial charge < -0.3 is 0 Å². The van der Waals surface area contributed by atoms with Gasteiger partial charge in [0.05, 0.1) is 0 Å². The van der Waals surface area contributed by atoms with Crippen molar-refractivity contribution in [3.63, 3.8) is 0 Å². The minimum absolute atomic E-state index is 0.301. The highest BCUT2D eigenvalue weighted by Gasteiger charge is 2.38. The molecule has 20 heavy (non-hydrogen) atoms. The maximum atomic E-state index is 11.3. The average Bonchev–Trinajstić information content (AvgIpc) is 2.84. The van der Waals surface area contributed by atoms with Crippen molar-refractivity contribution < 1.29 is 9.63 Å². The smallest absolute Gasteiger partial charge is 0.133 e. The van der Waals surface area contributed by atoms with Crippen LogP contribution in [0.1, 0.15) is 31.4 Å². The van der Waals surface area contributed by atoms with E-state index in [-0.39, 0.29) is 5.60 Å². The largest absolute Gasteiger partial charge is 0.300 e. The number of pyridine rings is 1. The van der Waals surface area contributed by atoms with E-state index in [1.54, 1.807) is 18.3 Å². The highest BCUT2D eigenvalue weighted by Crippen LogP contribution is 2.34. The summed E-state index contributed by atoms with van der Waals surface area (Å²) in [4.78, 5) is 21.0. The number of halogens is 1. The number of aromatic nitrogens is 1. The lowest BCUT2D eigenvalue weighted by atomic mass is 9.84. The first-order chi connectivity index (χ1) is 9.65. The van der Waals surface area contributed by atoms with Crippen LogP contribution in [0.2, 0.25) is 5.02 Å². The number of hydrogen-bond acceptors (Lipinski definition) is 4. The standard InChI is InChI=1S/C15H13ClN2O2/c16-11-5-8-17-12(9-11)1-2-13-10-15(20-18-13)6-3-14(19)4-7-15/h5,8-10,18H,3-4,6-7H2. The predicted octanol–water partition coefficient (Wildman–Crippen LogP) is 2.39. The lowest BCUT2D eigenvalue weighted by Gasteiger charge is -2.28. The summed E-state index contributed by atoms with van der Waals surface area (Å²) in [6, 6.07) is 3.41. The van der Waals surface area contributed by atoms with Crippen LogP contribution in [0.3, 0.4) is 0 Å². The van der Waals surface area contributed by atoms with E-state index in [1.165, 1.54) is 0 Å². The molecule has 2 aliphatic rings. The Bertz CT molecular complexity index is 633. The average molecular weight is 289 g/mol. The maximum absolute atomic E-state index is 11.3. The van der Waals surface area contributed by atoms with Gasteiger partial charge in [-0.3, -0.25) is 15.1 Å². The van der Waals surface area contributed by atoms with Crippen molar-refractivity contribution in [1.82, 2.24) is 10.5 Å². The zero-order valence-corrected chi connectivity index (χ0v) is 11.5. The first kappa shape index (κ1) is 13.2. The summed E-state index contributed by atoms with van der Waals surface area (Å²) >= 11 is 5.88. The molecule has 0 saturated heterocycles. The van der Waals surface area contributed by atoms with Crippen LogP contribution < -0.4 is 5.48 Å². The van der Waals surface area contributed by atoms with Crippen molar-refractivity contribution in [3.8, 4) is 11.8 Å². The molecule has 0 atom stereocenters. The van der Waals surface area contributed by atoms with E-state index < -0.39 is 0 Å². The number of hydroxylamine groups is 1. The second-order valence-corrected chi connectivity index (χ2v) is 5.41. The Morgan fingerprint density at radius 3 is 2.90 bits per heavy atom. The highest BCUT2D eigenvalue weighted by molar-refractivity contribution is 6.30. The maximum Gasteiger partial charge on any atom is 0.133 e. The number of allylic oxidation sites excluding steroid dienone is 1. The van der Waals surface area contributed by atoms with Crippen LogP contribution in [-0.4, -0.2) is 16.4 Å². The number of carbonyl (C=O) groups excluding carboxylic acids is 1. The van der Waals surface area contributed by atoms with Crippen molar-refractivity contribution in [3.05, 3.63) is 40.8 Å². The topological polar surface area (TPSA) is 51.2 Å². The zero-order valence-electron chi connectivity index (χ0n) is 10.8. The molecule has 5 heteroatoms. The number of ketones is 1. The lowest BCUT2D eigenvalue weighted by Crippen LogP contribution is -2.34. The molecular formula is C15H13ClN2O2. The number of nitrogens with zero attached hydrogens (tertiary/aromatic N) is 1. The monoisotopic (exact) mass is 288 g/mol. The van der Waals surface area contributed by atoms with E-state index in [0.717, 1.165) is 0 Å². The van der Waals surface area contributed by atoms with Crippen LogP contribution in [0.4, 0.5) is 0 Å². The van der Waals surface area contributed by atoms with Crippen LogP contribution in [0, 0.1) is 11.8 Å². The summed E-state index contributed by atoms with van der Waals surface area (Å²) < 4.78 is 0. The molecule has 1 aliphatic carbocycles. The highest BCUT2D eigenvalue weighted by atomic mass is 35.5. The van der Waals surface area contributed by atoms with Gasteiger partial charge in [-0.25, -0.2) is 4.98 Å². The molecule has 1 spiro atoms. The third kappa shape index (κ3) is 2.84. The second-order valence-electron chi connectivity index (χ2n) is 4.97. The van der Waals surface area contributed by atoms with Gasteiger partial charge in [0.25, 0.3) is 0 Å². The Kier molecular flexibility index (Phi) is 3.47. The van der Waals surface area contributed by atoms with Gasteiger partial charge >= 0.3 is 0 Å². The minimum atomic E-state index is -0.375. The van der Waals surface area contributed by atoms with Crippen LogP contribution in [0.25, 0.3) is 0 Å². The normalized spacial score (nSPS) is 20.1. The molecule has 2 heterocycles. The van der Waals surface area contributed by atoms with Gasteiger partial charge in [0.1, 0.15) is 22.8 Å². The first-order valence-electron chi connectivity index (χ1n) is 6.47. The van der Waals surface area contributed by atoms with Crippen LogP contribution in [-0.2, 0) is 9.63 Å². The Labute approximate surface area is 122 Å². The molecule has 1 aromatic heterocycles. The quantitative estimate of drug-likeness (QED) is 0.745. The molecule has 1 saturated carbocycles. The summed E-state index contributed by atoms with van der Waals surface area (Å²) in [5.41, 5.74) is 3.78. The number of nitrogens with one attached hydrogen (secondary N) is 1. The molecule has 1 aliphatic heterocycles. The van der Waals surface area contributed by atoms with Crippen LogP contribution >= 0.6 is 11.6 Å². The molecule has 102 valence electrons. The van der Waals surface area contributed by atoms with Gasteiger partial charge in [0.15, 0.2) is 0 Å². The van der Waals surface area contributed by atoms with E-state index in [4.69, 9.17) is 16.4 Å². The van der Waals surface area contributed by atoms with Gasteiger partial charge in [0.2, 0.25) is 0 Å². The van der Waals surface area contributed by atoms with E-state index in [1.807, 2.05) is 6.08 Å². The number of hydrogen-bond donors (Lipinski definition) is 1. The molecule has 0 radical (unpaired) electrons. The van der Waals surface area contributed by atoms with Gasteiger partial charge in [-0.15, -0.1) is 0 Å². The molecule has 1 fully saturated rings. The lowest BCUT2D eigenvalue weighted by molar-refractivity contribution is -0.127. The van der Waals surface area contributed by atoms with Crippen molar-refractivity contribution in [2.45, 2.75) is 31.3 Å². The third-order valence-corrected chi connectivity index (χ3v) is 3.71. The summed E-state index contributed by atoms with van der Waals surface area (Å²) in [5, 5.41) is 0.608. The molecule has 1 aromatic rings. The molecule has 4 nitrogen and oxygen atoms in total. The van der Waals surface area contributed by atoms with Crippen molar-refractivity contribution in [1.29, 1.82) is 0 Å². The van der Waals surface area contributed by atoms with E-state index in [0.29, 0.717) is 47.9 Å². The Morgan fingerprint density at radius 1 is 1.35 bits per heavy atom. The fourth-order valence-electron chi connectivity index (χ4n) is 2.34. The fraction of sp³-hybridized carbons (Fsp3) is 0.333. The van der Waals surface area contributed by atoms with Crippen molar-refractivity contribution in [2.24, 2.45) is 0 Å². The second kappa shape index (κ2) is 5.28.